The van der Waals surface area contributed by atoms with E-state index in [0.29, 0.717) is 0 Å². The number of alkyl halides is 6. The molecule has 0 amide bonds. The molecule has 96 valence electrons. The summed E-state index contributed by atoms with van der Waals surface area (Å²) < 4.78 is 109. The molecule has 0 radical (unpaired) electrons. The minimum atomic E-state index is -6.12. The molecule has 0 fully saturated rings. The van der Waals surface area contributed by atoms with Crippen LogP contribution in [0.3, 0.4) is 0 Å². The second-order valence-electron chi connectivity index (χ2n) is 2.65. The SMILES string of the molecule is CC(F)(C(F)(F)F)C(F)(F)OC(F)=C(F)F. The summed E-state index contributed by atoms with van der Waals surface area (Å²) in [5.74, 6) is 0. The third kappa shape index (κ3) is 2.73. The normalized spacial score (nSPS) is 16.6. The van der Waals surface area contributed by atoms with Gasteiger partial charge < -0.3 is 4.74 Å². The van der Waals surface area contributed by atoms with Gasteiger partial charge in [-0.25, -0.2) is 4.39 Å². The zero-order valence-electron chi connectivity index (χ0n) is 7.31. The first-order valence-electron chi connectivity index (χ1n) is 3.36. The van der Waals surface area contributed by atoms with Gasteiger partial charge in [-0.15, -0.1) is 0 Å². The summed E-state index contributed by atoms with van der Waals surface area (Å²) in [5.41, 5.74) is -5.31. The first kappa shape index (κ1) is 14.9. The molecule has 16 heavy (non-hydrogen) atoms. The van der Waals surface area contributed by atoms with Crippen molar-refractivity contribution >= 4 is 0 Å². The lowest BCUT2D eigenvalue weighted by Crippen LogP contribution is -2.54. The predicted molar refractivity (Wildman–Crippen MR) is 31.9 cm³/mol. The van der Waals surface area contributed by atoms with Gasteiger partial charge in [-0.1, -0.05) is 0 Å². The van der Waals surface area contributed by atoms with E-state index in [4.69, 9.17) is 0 Å². The highest BCUT2D eigenvalue weighted by atomic mass is 19.4. The average Bonchev–Trinajstić information content (AvgIpc) is 2.00. The minimum absolute atomic E-state index is 0.670. The van der Waals surface area contributed by atoms with Crippen molar-refractivity contribution in [2.24, 2.45) is 0 Å². The number of hydrogen-bond acceptors (Lipinski definition) is 1. The van der Waals surface area contributed by atoms with Crippen LogP contribution in [0.15, 0.2) is 12.1 Å². The van der Waals surface area contributed by atoms with Crippen molar-refractivity contribution in [2.45, 2.75) is 24.9 Å². The highest BCUT2D eigenvalue weighted by Crippen LogP contribution is 2.46. The lowest BCUT2D eigenvalue weighted by Gasteiger charge is -2.30. The van der Waals surface area contributed by atoms with Crippen molar-refractivity contribution in [1.82, 2.24) is 0 Å². The summed E-state index contributed by atoms with van der Waals surface area (Å²) >= 11 is 0. The Morgan fingerprint density at radius 1 is 0.875 bits per heavy atom. The van der Waals surface area contributed by atoms with Crippen molar-refractivity contribution in [3.63, 3.8) is 0 Å². The maximum Gasteiger partial charge on any atom is 0.443 e. The van der Waals surface area contributed by atoms with Gasteiger partial charge in [0, 0.05) is 0 Å². The monoisotopic (exact) mass is 262 g/mol. The molecule has 0 aliphatic carbocycles. The number of hydrogen-bond donors (Lipinski definition) is 0. The molecule has 0 N–H and O–H groups in total. The molecule has 1 nitrogen and oxygen atoms in total. The van der Waals surface area contributed by atoms with Crippen molar-refractivity contribution in [3.8, 4) is 0 Å². The van der Waals surface area contributed by atoms with E-state index in [2.05, 4.69) is 4.74 Å². The Labute approximate surface area is 82.5 Å². The lowest BCUT2D eigenvalue weighted by molar-refractivity contribution is -0.371. The van der Waals surface area contributed by atoms with Crippen molar-refractivity contribution in [2.75, 3.05) is 0 Å². The average molecular weight is 262 g/mol. The van der Waals surface area contributed by atoms with Gasteiger partial charge in [0.2, 0.25) is 0 Å². The fourth-order valence-electron chi connectivity index (χ4n) is 0.412. The van der Waals surface area contributed by atoms with Crippen LogP contribution < -0.4 is 0 Å². The molecule has 1 atom stereocenters. The lowest BCUT2D eigenvalue weighted by atomic mass is 10.1. The minimum Gasteiger partial charge on any atom is -0.400 e. The highest BCUT2D eigenvalue weighted by Gasteiger charge is 2.70. The summed E-state index contributed by atoms with van der Waals surface area (Å²) in [5, 5.41) is 0. The zero-order valence-corrected chi connectivity index (χ0v) is 7.31. The third-order valence-electron chi connectivity index (χ3n) is 1.45. The Balaban J connectivity index is 5.15. The molecule has 0 saturated heterocycles. The summed E-state index contributed by atoms with van der Waals surface area (Å²) in [6, 6.07) is -3.28. The molecule has 0 saturated carbocycles. The summed E-state index contributed by atoms with van der Waals surface area (Å²) in [4.78, 5) is 0. The quantitative estimate of drug-likeness (QED) is 0.553. The van der Waals surface area contributed by atoms with Crippen molar-refractivity contribution in [1.29, 1.82) is 0 Å². The molecule has 0 aromatic carbocycles. The first-order valence-corrected chi connectivity index (χ1v) is 3.36. The number of rotatable bonds is 3. The highest BCUT2D eigenvalue weighted by molar-refractivity contribution is 4.94. The van der Waals surface area contributed by atoms with Gasteiger partial charge in [0.05, 0.1) is 0 Å². The van der Waals surface area contributed by atoms with Gasteiger partial charge in [0.25, 0.3) is 0 Å². The standard InChI is InChI=1S/C6H3F9O/c1-4(10,5(11,12)13)6(14,15)16-3(9)2(7)8/h1H3. The van der Waals surface area contributed by atoms with Gasteiger partial charge in [0.1, 0.15) is 0 Å². The smallest absolute Gasteiger partial charge is 0.400 e. The van der Waals surface area contributed by atoms with E-state index in [9.17, 15) is 39.5 Å². The fraction of sp³-hybridized carbons (Fsp3) is 0.667. The Morgan fingerprint density at radius 2 is 1.25 bits per heavy atom. The van der Waals surface area contributed by atoms with Crippen LogP contribution in [0, 0.1) is 0 Å². The van der Waals surface area contributed by atoms with E-state index < -0.39 is 37.0 Å². The van der Waals surface area contributed by atoms with E-state index >= 15 is 0 Å². The van der Waals surface area contributed by atoms with Crippen molar-refractivity contribution in [3.05, 3.63) is 12.1 Å². The molecule has 0 bridgehead atoms. The molecule has 0 rings (SSSR count). The first-order chi connectivity index (χ1) is 6.83. The van der Waals surface area contributed by atoms with Crippen molar-refractivity contribution < 1.29 is 44.3 Å². The van der Waals surface area contributed by atoms with Gasteiger partial charge >= 0.3 is 30.0 Å². The molecular formula is C6H3F9O. The Kier molecular flexibility index (Phi) is 3.78. The van der Waals surface area contributed by atoms with Gasteiger partial charge in [0.15, 0.2) is 0 Å². The van der Waals surface area contributed by atoms with Crippen LogP contribution >= 0.6 is 0 Å². The molecule has 0 aliphatic heterocycles. The molecule has 10 heteroatoms. The van der Waals surface area contributed by atoms with Crippen LogP contribution in [0.5, 0.6) is 0 Å². The van der Waals surface area contributed by atoms with Crippen LogP contribution in [-0.4, -0.2) is 18.0 Å². The number of ether oxygens (including phenoxy) is 1. The second-order valence-corrected chi connectivity index (χ2v) is 2.65. The molecule has 0 heterocycles. The largest absolute Gasteiger partial charge is 0.443 e. The Hall–Kier alpha value is -1.09. The second kappa shape index (κ2) is 4.06. The van der Waals surface area contributed by atoms with Gasteiger partial charge in [-0.05, 0) is 6.92 Å². The third-order valence-corrected chi connectivity index (χ3v) is 1.45. The fourth-order valence-corrected chi connectivity index (χ4v) is 0.412. The Bertz CT molecular complexity index is 285. The molecular weight excluding hydrogens is 259 g/mol. The van der Waals surface area contributed by atoms with Crippen LogP contribution in [0.25, 0.3) is 0 Å². The number of halogens is 9. The molecule has 0 aliphatic rings. The van der Waals surface area contributed by atoms with Crippen LogP contribution in [0.2, 0.25) is 0 Å². The van der Waals surface area contributed by atoms with E-state index in [1.807, 2.05) is 0 Å². The zero-order chi connectivity index (χ0) is 13.4. The van der Waals surface area contributed by atoms with Crippen LogP contribution in [0.1, 0.15) is 6.92 Å². The van der Waals surface area contributed by atoms with Gasteiger partial charge in [-0.2, -0.15) is 35.1 Å². The summed E-state index contributed by atoms with van der Waals surface area (Å²) in [6.07, 6.45) is -15.4. The van der Waals surface area contributed by atoms with E-state index in [0.717, 1.165) is 0 Å². The Morgan fingerprint density at radius 3 is 1.50 bits per heavy atom. The molecule has 0 spiro atoms. The van der Waals surface area contributed by atoms with Crippen LogP contribution in [0.4, 0.5) is 39.5 Å². The van der Waals surface area contributed by atoms with E-state index in [-0.39, 0.29) is 0 Å². The maximum absolute atomic E-state index is 12.6. The molecule has 0 aromatic heterocycles. The molecule has 0 aromatic rings. The van der Waals surface area contributed by atoms with E-state index in [1.54, 1.807) is 0 Å². The topological polar surface area (TPSA) is 9.23 Å². The maximum atomic E-state index is 12.6. The van der Waals surface area contributed by atoms with Crippen LogP contribution in [-0.2, 0) is 4.74 Å². The summed E-state index contributed by atoms with van der Waals surface area (Å²) in [7, 11) is 0. The predicted octanol–water partition coefficient (Wildman–Crippen LogP) is 3.92. The van der Waals surface area contributed by atoms with E-state index in [1.165, 1.54) is 0 Å². The molecule has 1 unspecified atom stereocenters. The summed E-state index contributed by atoms with van der Waals surface area (Å²) in [6.45, 7) is -0.670. The van der Waals surface area contributed by atoms with Gasteiger partial charge in [-0.3, -0.25) is 0 Å².